The van der Waals surface area contributed by atoms with Crippen LogP contribution in [0.25, 0.3) is 11.3 Å². The number of aliphatic hydroxyl groups is 3. The summed E-state index contributed by atoms with van der Waals surface area (Å²) in [5.74, 6) is -2.43. The Balaban J connectivity index is 0.000000273. The molecular weight excluding hydrogens is 481 g/mol. The summed E-state index contributed by atoms with van der Waals surface area (Å²) in [4.78, 5) is 13.4. The van der Waals surface area contributed by atoms with Crippen LogP contribution in [0.3, 0.4) is 0 Å². The van der Waals surface area contributed by atoms with Gasteiger partial charge in [0.1, 0.15) is 17.6 Å². The Hall–Kier alpha value is -3.32. The van der Waals surface area contributed by atoms with E-state index in [9.17, 15) is 28.2 Å². The third-order valence-corrected chi connectivity index (χ3v) is 5.22. The fourth-order valence-electron chi connectivity index (χ4n) is 3.41. The first-order valence-electron chi connectivity index (χ1n) is 11.0. The van der Waals surface area contributed by atoms with Crippen molar-refractivity contribution >= 4 is 5.91 Å². The van der Waals surface area contributed by atoms with Gasteiger partial charge >= 0.3 is 0 Å². The maximum atomic E-state index is 13.1. The lowest BCUT2D eigenvalue weighted by atomic mass is 10.1. The summed E-state index contributed by atoms with van der Waals surface area (Å²) >= 11 is 0. The molecule has 0 radical (unpaired) electrons. The van der Waals surface area contributed by atoms with E-state index in [1.54, 1.807) is 18.3 Å². The summed E-state index contributed by atoms with van der Waals surface area (Å²) < 4.78 is 43.9. The minimum atomic E-state index is -0.957. The van der Waals surface area contributed by atoms with Gasteiger partial charge in [0, 0.05) is 32.6 Å². The van der Waals surface area contributed by atoms with E-state index >= 15 is 0 Å². The highest BCUT2D eigenvalue weighted by molar-refractivity contribution is 5.76. The number of hydrogen-bond acceptors (Lipinski definition) is 7. The second-order valence-corrected chi connectivity index (χ2v) is 7.80. The number of benzene rings is 2. The molecule has 1 aliphatic rings. The van der Waals surface area contributed by atoms with Crippen molar-refractivity contribution in [3.63, 3.8) is 0 Å². The van der Waals surface area contributed by atoms with Gasteiger partial charge in [-0.15, -0.1) is 0 Å². The molecule has 0 spiro atoms. The van der Waals surface area contributed by atoms with Crippen LogP contribution in [0.15, 0.2) is 48.7 Å². The number of nitrogens with one attached hydrogen (secondary N) is 1. The molecule has 36 heavy (non-hydrogen) atoms. The summed E-state index contributed by atoms with van der Waals surface area (Å²) in [5, 5.41) is 36.1. The van der Waals surface area contributed by atoms with Crippen LogP contribution in [0.1, 0.15) is 18.4 Å². The number of nitrogens with zero attached hydrogens (tertiary/aromatic N) is 3. The molecule has 1 aromatic heterocycles. The monoisotopic (exact) mass is 510 g/mol. The lowest BCUT2D eigenvalue weighted by Gasteiger charge is -2.36. The number of halogens is 3. The SMILES string of the molecule is CN(C(=O)CCc1ccc(F)c(F)c1)[C@@H]1OC[C@H](O)CC1O.CO.Fc1cccc(-c2cn[nH]n2)c1. The third kappa shape index (κ3) is 8.41. The zero-order valence-electron chi connectivity index (χ0n) is 19.8. The Bertz CT molecular complexity index is 1090. The zero-order chi connectivity index (χ0) is 26.7. The molecule has 0 bridgehead atoms. The fourth-order valence-corrected chi connectivity index (χ4v) is 3.41. The molecule has 1 fully saturated rings. The minimum Gasteiger partial charge on any atom is -0.400 e. The van der Waals surface area contributed by atoms with Crippen LogP contribution < -0.4 is 0 Å². The van der Waals surface area contributed by atoms with E-state index < -0.39 is 30.1 Å². The lowest BCUT2D eigenvalue weighted by Crippen LogP contribution is -2.51. The summed E-state index contributed by atoms with van der Waals surface area (Å²) in [6, 6.07) is 9.73. The van der Waals surface area contributed by atoms with Crippen molar-refractivity contribution in [1.82, 2.24) is 20.3 Å². The van der Waals surface area contributed by atoms with Crippen LogP contribution in [0, 0.1) is 17.5 Å². The topological polar surface area (TPSA) is 132 Å². The van der Waals surface area contributed by atoms with Crippen molar-refractivity contribution < 1.29 is 38.0 Å². The zero-order valence-corrected chi connectivity index (χ0v) is 19.8. The molecular formula is C24H29F3N4O5. The molecule has 4 N–H and O–H groups in total. The lowest BCUT2D eigenvalue weighted by molar-refractivity contribution is -0.185. The maximum absolute atomic E-state index is 13.1. The Morgan fingerprint density at radius 2 is 1.89 bits per heavy atom. The van der Waals surface area contributed by atoms with Gasteiger partial charge in [-0.3, -0.25) is 4.79 Å². The number of aliphatic hydroxyl groups excluding tert-OH is 3. The maximum Gasteiger partial charge on any atom is 0.224 e. The smallest absolute Gasteiger partial charge is 0.224 e. The van der Waals surface area contributed by atoms with Gasteiger partial charge in [0.05, 0.1) is 18.9 Å². The molecule has 2 heterocycles. The van der Waals surface area contributed by atoms with Crippen LogP contribution in [0.5, 0.6) is 0 Å². The first-order chi connectivity index (χ1) is 17.2. The highest BCUT2D eigenvalue weighted by Gasteiger charge is 2.33. The Morgan fingerprint density at radius 1 is 1.14 bits per heavy atom. The number of aryl methyl sites for hydroxylation is 1. The van der Waals surface area contributed by atoms with Gasteiger partial charge in [-0.2, -0.15) is 15.4 Å². The Kier molecular flexibility index (Phi) is 11.5. The molecule has 1 saturated heterocycles. The predicted octanol–water partition coefficient (Wildman–Crippen LogP) is 2.04. The average Bonchev–Trinajstić information content (AvgIpc) is 3.41. The quantitative estimate of drug-likeness (QED) is 0.413. The summed E-state index contributed by atoms with van der Waals surface area (Å²) in [7, 11) is 2.50. The number of aromatic amines is 1. The highest BCUT2D eigenvalue weighted by Crippen LogP contribution is 2.19. The van der Waals surface area contributed by atoms with Gasteiger partial charge < -0.3 is 25.0 Å². The second kappa shape index (κ2) is 14.3. The molecule has 0 aliphatic carbocycles. The first-order valence-corrected chi connectivity index (χ1v) is 11.0. The summed E-state index contributed by atoms with van der Waals surface area (Å²) in [5.41, 5.74) is 1.89. The number of hydrogen-bond donors (Lipinski definition) is 4. The average molecular weight is 511 g/mol. The van der Waals surface area contributed by atoms with Gasteiger partial charge in [0.25, 0.3) is 0 Å². The van der Waals surface area contributed by atoms with E-state index in [4.69, 9.17) is 9.84 Å². The second-order valence-electron chi connectivity index (χ2n) is 7.80. The molecule has 4 rings (SSSR count). The Labute approximate surface area is 206 Å². The number of likely N-dealkylation sites (N-methyl/N-ethyl adjacent to an activating group) is 1. The number of rotatable bonds is 5. The van der Waals surface area contributed by atoms with Gasteiger partial charge in [-0.05, 0) is 36.2 Å². The van der Waals surface area contributed by atoms with Crippen LogP contribution in [-0.4, -0.2) is 80.7 Å². The summed E-state index contributed by atoms with van der Waals surface area (Å²) in [6.45, 7) is 0.0581. The molecule has 9 nitrogen and oxygen atoms in total. The predicted molar refractivity (Wildman–Crippen MR) is 124 cm³/mol. The normalized spacial score (nSPS) is 18.8. The number of aromatic nitrogens is 3. The van der Waals surface area contributed by atoms with Crippen molar-refractivity contribution in [2.24, 2.45) is 0 Å². The fraction of sp³-hybridized carbons (Fsp3) is 0.375. The molecule has 1 unspecified atom stereocenters. The van der Waals surface area contributed by atoms with E-state index in [1.165, 1.54) is 30.1 Å². The van der Waals surface area contributed by atoms with Crippen molar-refractivity contribution in [3.8, 4) is 11.3 Å². The van der Waals surface area contributed by atoms with E-state index in [2.05, 4.69) is 15.4 Å². The standard InChI is InChI=1S/C15H19F2NO4.C8H6FN3.CH4O/c1-18(15-13(20)7-10(19)8-22-15)14(21)5-3-9-2-4-11(16)12(17)6-9;9-7-3-1-2-6(4-7)8-5-10-12-11-8;1-2/h2,4,6,10,13,15,19-20H,3,5,7-8H2,1H3;1-5H,(H,10,11,12);2H,1H3/t10-,13?,15-;;/m1../s1. The highest BCUT2D eigenvalue weighted by atomic mass is 19.2. The van der Waals surface area contributed by atoms with Crippen molar-refractivity contribution in [2.75, 3.05) is 20.8 Å². The van der Waals surface area contributed by atoms with Crippen LogP contribution in [0.4, 0.5) is 13.2 Å². The summed E-state index contributed by atoms with van der Waals surface area (Å²) in [6.07, 6.45) is -0.471. The van der Waals surface area contributed by atoms with Crippen molar-refractivity contribution in [1.29, 1.82) is 0 Å². The number of H-pyrrole nitrogens is 1. The van der Waals surface area contributed by atoms with E-state index in [0.717, 1.165) is 24.8 Å². The molecule has 196 valence electrons. The largest absolute Gasteiger partial charge is 0.400 e. The number of amides is 1. The van der Waals surface area contributed by atoms with Gasteiger partial charge in [0.15, 0.2) is 17.9 Å². The number of carbonyl (C=O) groups is 1. The molecule has 0 saturated carbocycles. The molecule has 2 aromatic carbocycles. The van der Waals surface area contributed by atoms with Gasteiger partial charge in [0.2, 0.25) is 5.91 Å². The van der Waals surface area contributed by atoms with Gasteiger partial charge in [-0.25, -0.2) is 13.2 Å². The first kappa shape index (κ1) is 28.9. The molecule has 3 atom stereocenters. The number of carbonyl (C=O) groups excluding carboxylic acids is 1. The van der Waals surface area contributed by atoms with Crippen LogP contribution >= 0.6 is 0 Å². The number of ether oxygens (including phenoxy) is 1. The minimum absolute atomic E-state index is 0.0581. The Morgan fingerprint density at radius 3 is 2.50 bits per heavy atom. The molecule has 1 amide bonds. The van der Waals surface area contributed by atoms with Crippen LogP contribution in [0.2, 0.25) is 0 Å². The molecule has 3 aromatic rings. The molecule has 1 aliphatic heterocycles. The van der Waals surface area contributed by atoms with E-state index in [-0.39, 0.29) is 37.6 Å². The van der Waals surface area contributed by atoms with Crippen molar-refractivity contribution in [2.45, 2.75) is 37.7 Å². The van der Waals surface area contributed by atoms with E-state index in [1.807, 2.05) is 0 Å². The molecule has 12 heteroatoms. The van der Waals surface area contributed by atoms with Crippen LogP contribution in [-0.2, 0) is 16.0 Å². The van der Waals surface area contributed by atoms with Crippen molar-refractivity contribution in [3.05, 3.63) is 71.7 Å². The van der Waals surface area contributed by atoms with E-state index in [0.29, 0.717) is 11.3 Å². The third-order valence-electron chi connectivity index (χ3n) is 5.22. The van der Waals surface area contributed by atoms with Gasteiger partial charge in [-0.1, -0.05) is 18.2 Å².